The van der Waals surface area contributed by atoms with E-state index in [1.54, 1.807) is 25.1 Å². The number of likely N-dealkylation sites (N-methyl/N-ethyl adjacent to an activating group) is 1. The lowest BCUT2D eigenvalue weighted by Crippen LogP contribution is -3.14. The maximum absolute atomic E-state index is 13.4. The monoisotopic (exact) mass is 908 g/mol. The van der Waals surface area contributed by atoms with Crippen molar-refractivity contribution >= 4 is 46.6 Å². The van der Waals surface area contributed by atoms with Crippen LogP contribution < -0.4 is 37.1 Å². The number of nitrogens with one attached hydrogen (secondary N) is 4. The molecule has 0 saturated carbocycles. The number of rotatable bonds is 16. The zero-order valence-corrected chi connectivity index (χ0v) is 36.0. The molecule has 2 unspecified atom stereocenters. The Balaban J connectivity index is 1.11. The van der Waals surface area contributed by atoms with Crippen LogP contribution in [0.1, 0.15) is 65.6 Å². The molecule has 0 aliphatic carbocycles. The van der Waals surface area contributed by atoms with Crippen molar-refractivity contribution in [3.63, 3.8) is 0 Å². The van der Waals surface area contributed by atoms with E-state index in [1.807, 2.05) is 26.0 Å². The number of aliphatic hydroxyl groups is 1. The third kappa shape index (κ3) is 12.4. The van der Waals surface area contributed by atoms with E-state index in [0.717, 1.165) is 22.6 Å². The van der Waals surface area contributed by atoms with Gasteiger partial charge in [-0.05, 0) is 90.7 Å². The minimum absolute atomic E-state index is 0.0494. The number of phenolic OH excluding ortho intramolecular Hbond substituents is 2. The third-order valence-corrected chi connectivity index (χ3v) is 10.4. The second-order valence-corrected chi connectivity index (χ2v) is 15.3. The van der Waals surface area contributed by atoms with E-state index in [4.69, 9.17) is 27.8 Å². The van der Waals surface area contributed by atoms with Crippen molar-refractivity contribution in [2.24, 2.45) is 11.5 Å². The second-order valence-electron chi connectivity index (χ2n) is 14.9. The maximum Gasteiger partial charge on any atom is 0.417 e. The summed E-state index contributed by atoms with van der Waals surface area (Å²) < 4.78 is 45.4. The Hall–Kier alpha value is -6.48. The van der Waals surface area contributed by atoms with Gasteiger partial charge < -0.3 is 40.9 Å². The molecule has 64 heavy (non-hydrogen) atoms. The normalized spacial score (nSPS) is 12.9. The Morgan fingerprint density at radius 1 is 0.875 bits per heavy atom. The highest BCUT2D eigenvalue weighted by molar-refractivity contribution is 6.31. The Labute approximate surface area is 372 Å². The number of aromatic hydroxyl groups is 2. The first-order valence-corrected chi connectivity index (χ1v) is 20.3. The number of nitrogens with zero attached hydrogens (tertiary/aromatic N) is 3. The molecule has 1 aromatic heterocycles. The van der Waals surface area contributed by atoms with Gasteiger partial charge >= 0.3 is 18.2 Å². The summed E-state index contributed by atoms with van der Waals surface area (Å²) in [5.74, 6) is -0.447. The molecule has 340 valence electrons. The van der Waals surface area contributed by atoms with Crippen molar-refractivity contribution in [3.8, 4) is 23.0 Å². The van der Waals surface area contributed by atoms with Crippen LogP contribution in [0.15, 0.2) is 97.2 Å². The zero-order valence-electron chi connectivity index (χ0n) is 35.3. The van der Waals surface area contributed by atoms with Gasteiger partial charge in [-0.15, -0.1) is 0 Å². The molecule has 0 aliphatic rings. The number of aliphatic hydroxyl groups excluding tert-OH is 1. The minimum atomic E-state index is -4.70. The van der Waals surface area contributed by atoms with Crippen molar-refractivity contribution in [3.05, 3.63) is 130 Å². The molecule has 1 heterocycles. The molecular weight excluding hydrogens is 859 g/mol. The fourth-order valence-corrected chi connectivity index (χ4v) is 6.82. The van der Waals surface area contributed by atoms with E-state index in [-0.39, 0.29) is 46.0 Å². The lowest BCUT2D eigenvalue weighted by molar-refractivity contribution is -0.916. The summed E-state index contributed by atoms with van der Waals surface area (Å²) in [5, 5.41) is 39.0. The number of carbonyl (C=O) groups excluding carboxylic acids is 3. The Bertz CT molecular complexity index is 2420. The SMILES string of the molecule is CCN(CCNCc1ccc([NH+](C(N)O)[C@@H](N)c2cc(C(C)C)c(O)cc2O)cc1)C(=O)N(C)C(=O)c1cc(Oc2ccc(NC(=O)Nc3ccc(Cl)c(C(F)(F)F)c3)cc2)ccn1. The van der Waals surface area contributed by atoms with E-state index in [0.29, 0.717) is 47.9 Å². The van der Waals surface area contributed by atoms with Gasteiger partial charge in [0.15, 0.2) is 6.17 Å². The number of carbonyl (C=O) groups is 3. The summed E-state index contributed by atoms with van der Waals surface area (Å²) in [4.78, 5) is 46.1. The molecule has 16 nitrogen and oxygen atoms in total. The first-order valence-electron chi connectivity index (χ1n) is 19.9. The fraction of sp³-hybridized carbons (Fsp3) is 0.273. The Kier molecular flexibility index (Phi) is 16.1. The number of urea groups is 2. The molecule has 0 bridgehead atoms. The number of amides is 5. The van der Waals surface area contributed by atoms with Gasteiger partial charge in [0.25, 0.3) is 12.3 Å². The van der Waals surface area contributed by atoms with Crippen molar-refractivity contribution in [2.75, 3.05) is 37.3 Å². The van der Waals surface area contributed by atoms with E-state index in [2.05, 4.69) is 20.9 Å². The summed E-state index contributed by atoms with van der Waals surface area (Å²) in [7, 11) is 1.35. The summed E-state index contributed by atoms with van der Waals surface area (Å²) >= 11 is 5.65. The highest BCUT2D eigenvalue weighted by atomic mass is 35.5. The Morgan fingerprint density at radius 3 is 2.14 bits per heavy atom. The summed E-state index contributed by atoms with van der Waals surface area (Å²) in [5.41, 5.74) is 13.8. The second kappa shape index (κ2) is 21.3. The van der Waals surface area contributed by atoms with E-state index in [1.165, 1.54) is 66.7 Å². The molecule has 0 spiro atoms. The molecule has 5 amide bonds. The number of alkyl halides is 3. The van der Waals surface area contributed by atoms with Crippen LogP contribution in [0.2, 0.25) is 5.02 Å². The lowest BCUT2D eigenvalue weighted by Gasteiger charge is -2.28. The van der Waals surface area contributed by atoms with Gasteiger partial charge in [-0.1, -0.05) is 37.6 Å². The number of benzene rings is 4. The fourth-order valence-electron chi connectivity index (χ4n) is 6.59. The van der Waals surface area contributed by atoms with Gasteiger partial charge in [-0.3, -0.25) is 26.1 Å². The van der Waals surface area contributed by atoms with E-state index in [9.17, 15) is 42.9 Å². The number of anilines is 2. The van der Waals surface area contributed by atoms with Crippen LogP contribution >= 0.6 is 11.6 Å². The molecule has 20 heteroatoms. The smallest absolute Gasteiger partial charge is 0.417 e. The lowest BCUT2D eigenvalue weighted by atomic mass is 9.97. The summed E-state index contributed by atoms with van der Waals surface area (Å²) in [6.45, 7) is 6.96. The van der Waals surface area contributed by atoms with Crippen molar-refractivity contribution in [1.82, 2.24) is 20.1 Å². The number of imide groups is 1. The van der Waals surface area contributed by atoms with Crippen LogP contribution in [0.4, 0.5) is 39.8 Å². The Morgan fingerprint density at radius 2 is 1.52 bits per heavy atom. The van der Waals surface area contributed by atoms with E-state index < -0.39 is 47.2 Å². The maximum atomic E-state index is 13.4. The average molecular weight is 909 g/mol. The van der Waals surface area contributed by atoms with Crippen molar-refractivity contribution in [2.45, 2.75) is 51.9 Å². The van der Waals surface area contributed by atoms with Gasteiger partial charge in [0.05, 0.1) is 16.1 Å². The molecule has 11 N–H and O–H groups in total. The van der Waals surface area contributed by atoms with Crippen LogP contribution in [0.5, 0.6) is 23.0 Å². The van der Waals surface area contributed by atoms with Gasteiger partial charge in [0, 0.05) is 62.9 Å². The largest absolute Gasteiger partial charge is 0.508 e. The van der Waals surface area contributed by atoms with Gasteiger partial charge in [-0.25, -0.2) is 14.5 Å². The molecular formula is C44H50ClF3N9O7+. The number of aromatic nitrogens is 1. The average Bonchev–Trinajstić information content (AvgIpc) is 3.24. The van der Waals surface area contributed by atoms with Crippen LogP contribution in [0, 0.1) is 0 Å². The van der Waals surface area contributed by atoms with Crippen molar-refractivity contribution < 1.29 is 52.5 Å². The van der Waals surface area contributed by atoms with Gasteiger partial charge in [0.1, 0.15) is 34.4 Å². The number of nitrogens with two attached hydrogens (primary N) is 2. The van der Waals surface area contributed by atoms with Gasteiger partial charge in [0.2, 0.25) is 0 Å². The number of hydrogen-bond acceptors (Lipinski definition) is 11. The molecule has 4 aromatic carbocycles. The predicted octanol–water partition coefficient (Wildman–Crippen LogP) is 6.44. The van der Waals surface area contributed by atoms with Gasteiger partial charge in [-0.2, -0.15) is 13.2 Å². The molecule has 5 rings (SSSR count). The quantitative estimate of drug-likeness (QED) is 0.0386. The highest BCUT2D eigenvalue weighted by Gasteiger charge is 2.34. The highest BCUT2D eigenvalue weighted by Crippen LogP contribution is 2.37. The minimum Gasteiger partial charge on any atom is -0.508 e. The molecule has 3 atom stereocenters. The number of halogens is 4. The molecule has 0 fully saturated rings. The first-order chi connectivity index (χ1) is 30.3. The molecule has 0 radical (unpaired) electrons. The standard InChI is InChI=1S/C44H49ClF3N9O7/c1-5-56(19-18-51-24-26-6-11-29(12-7-26)57(41(50)61)39(49)33-22-32(25(2)3)37(58)23-38(33)59)43(63)55(4)40(60)36-21-31(16-17-52-36)64-30-13-8-27(9-14-30)53-42(62)54-28-10-15-35(45)34(20-28)44(46,47)48/h6-17,20-23,25,39,41,51,58-59,61H,5,18-19,24,49-50H2,1-4H3,(H2,53,54,62)/p+1/t39-,41?/m1/s1. The van der Waals surface area contributed by atoms with Crippen LogP contribution in [0.3, 0.4) is 0 Å². The topological polar surface area (TPSA) is 233 Å². The summed E-state index contributed by atoms with van der Waals surface area (Å²) in [6.07, 6.45) is -5.74. The third-order valence-electron chi connectivity index (χ3n) is 10.0. The predicted molar refractivity (Wildman–Crippen MR) is 234 cm³/mol. The summed E-state index contributed by atoms with van der Waals surface area (Å²) in [6, 6.07) is 20.6. The number of pyridine rings is 1. The molecule has 0 saturated heterocycles. The number of ether oxygens (including phenoxy) is 1. The first kappa shape index (κ1) is 48.6. The zero-order chi connectivity index (χ0) is 46.9. The number of phenols is 2. The van der Waals surface area contributed by atoms with Crippen LogP contribution in [0.25, 0.3) is 0 Å². The van der Waals surface area contributed by atoms with Crippen LogP contribution in [-0.2, 0) is 12.7 Å². The molecule has 0 aliphatic heterocycles. The van der Waals surface area contributed by atoms with Crippen LogP contribution in [-0.4, -0.2) is 81.1 Å². The molecule has 5 aromatic rings. The van der Waals surface area contributed by atoms with Crippen molar-refractivity contribution in [1.29, 1.82) is 0 Å². The number of quaternary nitrogens is 1. The number of hydrogen-bond donors (Lipinski definition) is 9. The van der Waals surface area contributed by atoms with E-state index >= 15 is 0 Å².